The molecule has 2 N–H and O–H groups in total. The first-order chi connectivity index (χ1) is 10.5. The first-order valence-corrected chi connectivity index (χ1v) is 7.12. The number of hydrogen-bond acceptors (Lipinski definition) is 2. The van der Waals surface area contributed by atoms with Gasteiger partial charge in [0.15, 0.2) is 0 Å². The van der Waals surface area contributed by atoms with Crippen LogP contribution in [0.2, 0.25) is 0 Å². The van der Waals surface area contributed by atoms with Gasteiger partial charge in [0.05, 0.1) is 0 Å². The lowest BCUT2D eigenvalue weighted by atomic mass is 10.0. The maximum atomic E-state index is 12.1. The van der Waals surface area contributed by atoms with Crippen LogP contribution >= 0.6 is 0 Å². The molecule has 0 radical (unpaired) electrons. The van der Waals surface area contributed by atoms with Gasteiger partial charge in [-0.2, -0.15) is 0 Å². The van der Waals surface area contributed by atoms with Crippen LogP contribution in [0.15, 0.2) is 48.5 Å². The molecule has 22 heavy (non-hydrogen) atoms. The number of carbonyl (C=O) groups excluding carboxylic acids is 1. The first-order valence-electron chi connectivity index (χ1n) is 7.12. The summed E-state index contributed by atoms with van der Waals surface area (Å²) in [5, 5.41) is 11.9. The fourth-order valence-electron chi connectivity index (χ4n) is 2.20. The van der Waals surface area contributed by atoms with Crippen molar-refractivity contribution in [1.82, 2.24) is 5.32 Å². The average Bonchev–Trinajstić information content (AvgIpc) is 2.51. The second-order valence-corrected chi connectivity index (χ2v) is 5.35. The van der Waals surface area contributed by atoms with Gasteiger partial charge in [0.2, 0.25) is 0 Å². The molecule has 4 nitrogen and oxygen atoms in total. The minimum Gasteiger partial charge on any atom is -0.480 e. The predicted molar refractivity (Wildman–Crippen MR) is 85.0 cm³/mol. The number of benzene rings is 2. The SMILES string of the molecule is Cc1ccc(C[C@H](NC(=O)c2ccccc2)C(=O)O)cc1C. The maximum absolute atomic E-state index is 12.1. The van der Waals surface area contributed by atoms with Crippen LogP contribution in [0.3, 0.4) is 0 Å². The molecule has 0 saturated carbocycles. The molecular weight excluding hydrogens is 278 g/mol. The van der Waals surface area contributed by atoms with Gasteiger partial charge in [0.25, 0.3) is 5.91 Å². The standard InChI is InChI=1S/C18H19NO3/c1-12-8-9-14(10-13(12)2)11-16(18(21)22)19-17(20)15-6-4-3-5-7-15/h3-10,16H,11H2,1-2H3,(H,19,20)(H,21,22)/t16-/m0/s1. The number of hydrogen-bond donors (Lipinski definition) is 2. The largest absolute Gasteiger partial charge is 0.480 e. The molecule has 2 aromatic carbocycles. The van der Waals surface area contributed by atoms with Crippen LogP contribution in [0, 0.1) is 13.8 Å². The minimum absolute atomic E-state index is 0.259. The van der Waals surface area contributed by atoms with Crippen LogP contribution in [0.5, 0.6) is 0 Å². The van der Waals surface area contributed by atoms with Gasteiger partial charge < -0.3 is 10.4 Å². The van der Waals surface area contributed by atoms with E-state index in [1.807, 2.05) is 32.0 Å². The number of aliphatic carboxylic acids is 1. The summed E-state index contributed by atoms with van der Waals surface area (Å²) in [5.41, 5.74) is 3.61. The van der Waals surface area contributed by atoms with Gasteiger partial charge >= 0.3 is 5.97 Å². The molecule has 114 valence electrons. The summed E-state index contributed by atoms with van der Waals surface area (Å²) in [6.45, 7) is 3.99. The second-order valence-electron chi connectivity index (χ2n) is 5.35. The Hall–Kier alpha value is -2.62. The number of aryl methyl sites for hydroxylation is 2. The van der Waals surface area contributed by atoms with Crippen molar-refractivity contribution < 1.29 is 14.7 Å². The summed E-state index contributed by atoms with van der Waals surface area (Å²) < 4.78 is 0. The highest BCUT2D eigenvalue weighted by molar-refractivity contribution is 5.96. The smallest absolute Gasteiger partial charge is 0.326 e. The molecule has 0 fully saturated rings. The average molecular weight is 297 g/mol. The molecule has 0 aromatic heterocycles. The van der Waals surface area contributed by atoms with Crippen LogP contribution in [-0.4, -0.2) is 23.0 Å². The van der Waals surface area contributed by atoms with Crippen molar-refractivity contribution in [2.24, 2.45) is 0 Å². The van der Waals surface area contributed by atoms with E-state index in [4.69, 9.17) is 0 Å². The van der Waals surface area contributed by atoms with Gasteiger partial charge in [-0.25, -0.2) is 4.79 Å². The quantitative estimate of drug-likeness (QED) is 0.891. The molecule has 1 atom stereocenters. The fraction of sp³-hybridized carbons (Fsp3) is 0.222. The zero-order valence-corrected chi connectivity index (χ0v) is 12.7. The Bertz CT molecular complexity index is 680. The van der Waals surface area contributed by atoms with Crippen LogP contribution in [-0.2, 0) is 11.2 Å². The van der Waals surface area contributed by atoms with Crippen molar-refractivity contribution >= 4 is 11.9 Å². The van der Waals surface area contributed by atoms with Crippen molar-refractivity contribution in [2.75, 3.05) is 0 Å². The molecular formula is C18H19NO3. The van der Waals surface area contributed by atoms with Crippen LogP contribution < -0.4 is 5.32 Å². The molecule has 0 bridgehead atoms. The normalized spacial score (nSPS) is 11.7. The monoisotopic (exact) mass is 297 g/mol. The van der Waals surface area contributed by atoms with Gasteiger partial charge in [-0.15, -0.1) is 0 Å². The van der Waals surface area contributed by atoms with Crippen LogP contribution in [0.4, 0.5) is 0 Å². The maximum Gasteiger partial charge on any atom is 0.326 e. The molecule has 0 aliphatic heterocycles. The van der Waals surface area contributed by atoms with Crippen molar-refractivity contribution in [3.05, 3.63) is 70.8 Å². The molecule has 0 aliphatic rings. The summed E-state index contributed by atoms with van der Waals surface area (Å²) in [5.74, 6) is -1.42. The van der Waals surface area contributed by atoms with Crippen LogP contribution in [0.1, 0.15) is 27.0 Å². The van der Waals surface area contributed by atoms with Gasteiger partial charge in [0.1, 0.15) is 6.04 Å². The number of carboxylic acids is 1. The topological polar surface area (TPSA) is 66.4 Å². The Labute approximate surface area is 129 Å². The lowest BCUT2D eigenvalue weighted by molar-refractivity contribution is -0.139. The summed E-state index contributed by atoms with van der Waals surface area (Å²) in [6, 6.07) is 13.5. The second kappa shape index (κ2) is 6.89. The summed E-state index contributed by atoms with van der Waals surface area (Å²) >= 11 is 0. The van der Waals surface area contributed by atoms with E-state index in [0.29, 0.717) is 5.56 Å². The van der Waals surface area contributed by atoms with Crippen molar-refractivity contribution in [2.45, 2.75) is 26.3 Å². The zero-order chi connectivity index (χ0) is 16.1. The number of amides is 1. The highest BCUT2D eigenvalue weighted by Crippen LogP contribution is 2.12. The molecule has 0 saturated heterocycles. The third-order valence-electron chi connectivity index (χ3n) is 3.65. The Morgan fingerprint density at radius 3 is 2.32 bits per heavy atom. The van der Waals surface area contributed by atoms with E-state index in [1.54, 1.807) is 30.3 Å². The zero-order valence-electron chi connectivity index (χ0n) is 12.7. The van der Waals surface area contributed by atoms with Gasteiger partial charge in [0, 0.05) is 12.0 Å². The van der Waals surface area contributed by atoms with E-state index in [-0.39, 0.29) is 12.3 Å². The molecule has 4 heteroatoms. The predicted octanol–water partition coefficient (Wildman–Crippen LogP) is 2.73. The van der Waals surface area contributed by atoms with Gasteiger partial charge in [-0.1, -0.05) is 36.4 Å². The Morgan fingerprint density at radius 2 is 1.73 bits per heavy atom. The summed E-state index contributed by atoms with van der Waals surface area (Å²) in [7, 11) is 0. The number of carbonyl (C=O) groups is 2. The van der Waals surface area contributed by atoms with Gasteiger partial charge in [-0.3, -0.25) is 4.79 Å². The lowest BCUT2D eigenvalue weighted by Crippen LogP contribution is -2.42. The Morgan fingerprint density at radius 1 is 1.05 bits per heavy atom. The van der Waals surface area contributed by atoms with Crippen molar-refractivity contribution in [3.63, 3.8) is 0 Å². The third kappa shape index (κ3) is 3.95. The van der Waals surface area contributed by atoms with Gasteiger partial charge in [-0.05, 0) is 42.7 Å². The Kier molecular flexibility index (Phi) is 4.94. The van der Waals surface area contributed by atoms with E-state index in [1.165, 1.54) is 0 Å². The molecule has 1 amide bonds. The summed E-state index contributed by atoms with van der Waals surface area (Å²) in [4.78, 5) is 23.5. The number of nitrogens with one attached hydrogen (secondary N) is 1. The van der Waals surface area contributed by atoms with E-state index < -0.39 is 12.0 Å². The highest BCUT2D eigenvalue weighted by Gasteiger charge is 2.21. The van der Waals surface area contributed by atoms with Crippen molar-refractivity contribution in [1.29, 1.82) is 0 Å². The first kappa shape index (κ1) is 15.8. The van der Waals surface area contributed by atoms with E-state index >= 15 is 0 Å². The fourth-order valence-corrected chi connectivity index (χ4v) is 2.20. The molecule has 0 spiro atoms. The Balaban J connectivity index is 2.12. The lowest BCUT2D eigenvalue weighted by Gasteiger charge is -2.15. The molecule has 0 unspecified atom stereocenters. The van der Waals surface area contributed by atoms with Crippen molar-refractivity contribution in [3.8, 4) is 0 Å². The molecule has 0 heterocycles. The van der Waals surface area contributed by atoms with Crippen LogP contribution in [0.25, 0.3) is 0 Å². The highest BCUT2D eigenvalue weighted by atomic mass is 16.4. The third-order valence-corrected chi connectivity index (χ3v) is 3.65. The minimum atomic E-state index is -1.04. The number of rotatable bonds is 5. The molecule has 2 aromatic rings. The summed E-state index contributed by atoms with van der Waals surface area (Å²) in [6.07, 6.45) is 0.259. The van der Waals surface area contributed by atoms with E-state index in [0.717, 1.165) is 16.7 Å². The molecule has 2 rings (SSSR count). The van der Waals surface area contributed by atoms with E-state index in [9.17, 15) is 14.7 Å². The van der Waals surface area contributed by atoms with E-state index in [2.05, 4.69) is 5.32 Å². The molecule has 0 aliphatic carbocycles. The number of carboxylic acid groups (broad SMARTS) is 1.